The Labute approximate surface area is 183 Å². The number of carbonyl (C=O) groups excluding carboxylic acids is 1. The van der Waals surface area contributed by atoms with Gasteiger partial charge in [0.1, 0.15) is 11.6 Å². The molecule has 1 aromatic carbocycles. The van der Waals surface area contributed by atoms with E-state index < -0.39 is 11.6 Å². The molecule has 158 valence electrons. The molecule has 1 aliphatic rings. The molecule has 1 amide bonds. The lowest BCUT2D eigenvalue weighted by Gasteiger charge is -2.08. The Morgan fingerprint density at radius 3 is 3.03 bits per heavy atom. The molecule has 3 aromatic rings. The molecule has 12 heteroatoms. The van der Waals surface area contributed by atoms with Gasteiger partial charge in [0.2, 0.25) is 11.0 Å². The normalized spacial score (nSPS) is 16.0. The van der Waals surface area contributed by atoms with E-state index in [1.54, 1.807) is 5.38 Å². The number of nitrogens with zero attached hydrogens (tertiary/aromatic N) is 3. The highest BCUT2D eigenvalue weighted by Gasteiger charge is 2.16. The van der Waals surface area contributed by atoms with Gasteiger partial charge in [0, 0.05) is 24.1 Å². The Bertz CT molecular complexity index is 1020. The number of nitrogens with one attached hydrogen (secondary N) is 2. The van der Waals surface area contributed by atoms with Crippen molar-refractivity contribution < 1.29 is 18.3 Å². The molecule has 30 heavy (non-hydrogen) atoms. The number of benzene rings is 1. The molecule has 0 aliphatic carbocycles. The third kappa shape index (κ3) is 5.50. The molecule has 2 N–H and O–H groups in total. The minimum Gasteiger partial charge on any atom is -0.376 e. The van der Waals surface area contributed by atoms with Gasteiger partial charge < -0.3 is 15.4 Å². The SMILES string of the molecule is O=C(CSc1nnc(NC[C@H]2CCCO2)s1)Nc1nc(-c2cc(F)ccc2F)cs1. The highest BCUT2D eigenvalue weighted by atomic mass is 32.2. The lowest BCUT2D eigenvalue weighted by Crippen LogP contribution is -2.18. The summed E-state index contributed by atoms with van der Waals surface area (Å²) in [7, 11) is 0. The number of hydrogen-bond donors (Lipinski definition) is 2. The van der Waals surface area contributed by atoms with Crippen LogP contribution in [0.2, 0.25) is 0 Å². The van der Waals surface area contributed by atoms with E-state index in [0.29, 0.717) is 21.1 Å². The first kappa shape index (κ1) is 21.1. The monoisotopic (exact) mass is 469 g/mol. The first-order chi connectivity index (χ1) is 14.6. The summed E-state index contributed by atoms with van der Waals surface area (Å²) in [6.45, 7) is 1.49. The first-order valence-electron chi connectivity index (χ1n) is 9.09. The van der Waals surface area contributed by atoms with Gasteiger partial charge >= 0.3 is 0 Å². The molecule has 2 aromatic heterocycles. The van der Waals surface area contributed by atoms with Crippen molar-refractivity contribution in [1.29, 1.82) is 0 Å². The summed E-state index contributed by atoms with van der Waals surface area (Å²) in [5.41, 5.74) is 0.323. The number of halogens is 2. The predicted octanol–water partition coefficient (Wildman–Crippen LogP) is 4.26. The number of thioether (sulfide) groups is 1. The highest BCUT2D eigenvalue weighted by molar-refractivity contribution is 8.01. The van der Waals surface area contributed by atoms with Crippen molar-refractivity contribution >= 4 is 50.6 Å². The summed E-state index contributed by atoms with van der Waals surface area (Å²) in [5.74, 6) is -1.27. The molecule has 0 bridgehead atoms. The van der Waals surface area contributed by atoms with E-state index in [1.165, 1.54) is 23.1 Å². The van der Waals surface area contributed by atoms with Gasteiger partial charge in [-0.3, -0.25) is 4.79 Å². The van der Waals surface area contributed by atoms with Crippen molar-refractivity contribution in [3.63, 3.8) is 0 Å². The first-order valence-corrected chi connectivity index (χ1v) is 11.8. The van der Waals surface area contributed by atoms with Crippen LogP contribution in [0.5, 0.6) is 0 Å². The Morgan fingerprint density at radius 1 is 1.30 bits per heavy atom. The van der Waals surface area contributed by atoms with Crippen LogP contribution >= 0.6 is 34.4 Å². The molecule has 4 rings (SSSR count). The van der Waals surface area contributed by atoms with Crippen molar-refractivity contribution in [2.75, 3.05) is 29.5 Å². The van der Waals surface area contributed by atoms with Crippen LogP contribution in [0.15, 0.2) is 27.9 Å². The summed E-state index contributed by atoms with van der Waals surface area (Å²) >= 11 is 3.78. The lowest BCUT2D eigenvalue weighted by molar-refractivity contribution is -0.113. The zero-order chi connectivity index (χ0) is 20.9. The van der Waals surface area contributed by atoms with Gasteiger partial charge in [0.25, 0.3) is 0 Å². The second-order valence-corrected chi connectivity index (χ2v) is 9.45. The molecule has 1 fully saturated rings. The molecule has 1 aliphatic heterocycles. The maximum absolute atomic E-state index is 13.9. The van der Waals surface area contributed by atoms with E-state index in [9.17, 15) is 13.6 Å². The maximum atomic E-state index is 13.9. The van der Waals surface area contributed by atoms with Crippen LogP contribution < -0.4 is 10.6 Å². The van der Waals surface area contributed by atoms with Crippen molar-refractivity contribution in [2.24, 2.45) is 0 Å². The Balaban J connectivity index is 1.26. The number of ether oxygens (including phenoxy) is 1. The molecule has 0 saturated carbocycles. The summed E-state index contributed by atoms with van der Waals surface area (Å²) < 4.78 is 33.4. The van der Waals surface area contributed by atoms with Crippen LogP contribution in [0.1, 0.15) is 12.8 Å². The van der Waals surface area contributed by atoms with Crippen molar-refractivity contribution in [3.05, 3.63) is 35.2 Å². The molecular weight excluding hydrogens is 452 g/mol. The average molecular weight is 470 g/mol. The van der Waals surface area contributed by atoms with Gasteiger partial charge in [-0.05, 0) is 31.0 Å². The van der Waals surface area contributed by atoms with Gasteiger partial charge in [-0.2, -0.15) is 0 Å². The van der Waals surface area contributed by atoms with E-state index in [-0.39, 0.29) is 29.0 Å². The molecule has 1 atom stereocenters. The quantitative estimate of drug-likeness (QED) is 0.477. The maximum Gasteiger partial charge on any atom is 0.236 e. The third-order valence-corrected chi connectivity index (χ3v) is 6.97. The lowest BCUT2D eigenvalue weighted by atomic mass is 10.1. The molecule has 1 saturated heterocycles. The number of hydrogen-bond acceptors (Lipinski definition) is 9. The van der Waals surface area contributed by atoms with Gasteiger partial charge in [-0.1, -0.05) is 23.1 Å². The van der Waals surface area contributed by atoms with E-state index in [2.05, 4.69) is 25.8 Å². The van der Waals surface area contributed by atoms with Crippen LogP contribution in [0, 0.1) is 11.6 Å². The highest BCUT2D eigenvalue weighted by Crippen LogP contribution is 2.29. The molecule has 0 spiro atoms. The zero-order valence-corrected chi connectivity index (χ0v) is 18.0. The molecule has 3 heterocycles. The summed E-state index contributed by atoms with van der Waals surface area (Å²) in [5, 5.41) is 16.6. The van der Waals surface area contributed by atoms with E-state index >= 15 is 0 Å². The second kappa shape index (κ2) is 9.77. The standard InChI is InChI=1S/C18H17F2N5O2S3/c19-10-3-4-13(20)12(6-10)14-8-28-17(22-14)23-15(26)9-29-18-25-24-16(30-18)21-7-11-2-1-5-27-11/h3-4,6,8,11H,1-2,5,7,9H2,(H,21,24)(H,22,23,26)/t11-/m1/s1. The molecule has 7 nitrogen and oxygen atoms in total. The number of aromatic nitrogens is 3. The molecular formula is C18H17F2N5O2S3. The van der Waals surface area contributed by atoms with Crippen LogP contribution in [0.3, 0.4) is 0 Å². The Morgan fingerprint density at radius 2 is 2.20 bits per heavy atom. The molecule has 0 unspecified atom stereocenters. The summed E-state index contributed by atoms with van der Waals surface area (Å²) in [6, 6.07) is 3.17. The fourth-order valence-corrected chi connectivity index (χ4v) is 5.06. The Hall–Kier alpha value is -2.15. The van der Waals surface area contributed by atoms with Gasteiger partial charge in [0.15, 0.2) is 9.47 Å². The van der Waals surface area contributed by atoms with E-state index in [0.717, 1.165) is 49.0 Å². The predicted molar refractivity (Wildman–Crippen MR) is 114 cm³/mol. The fourth-order valence-electron chi connectivity index (χ4n) is 2.78. The van der Waals surface area contributed by atoms with Crippen molar-refractivity contribution in [3.8, 4) is 11.3 Å². The van der Waals surface area contributed by atoms with E-state index in [4.69, 9.17) is 4.74 Å². The van der Waals surface area contributed by atoms with Gasteiger partial charge in [-0.15, -0.1) is 21.5 Å². The van der Waals surface area contributed by atoms with Crippen molar-refractivity contribution in [2.45, 2.75) is 23.3 Å². The topological polar surface area (TPSA) is 89.0 Å². The van der Waals surface area contributed by atoms with Gasteiger partial charge in [-0.25, -0.2) is 13.8 Å². The smallest absolute Gasteiger partial charge is 0.236 e. The average Bonchev–Trinajstić information content (AvgIpc) is 3.49. The number of anilines is 2. The number of thiazole rings is 1. The van der Waals surface area contributed by atoms with E-state index in [1.807, 2.05) is 0 Å². The van der Waals surface area contributed by atoms with Crippen LogP contribution in [-0.4, -0.2) is 46.1 Å². The number of rotatable bonds is 8. The minimum absolute atomic E-state index is 0.0537. The van der Waals surface area contributed by atoms with Crippen molar-refractivity contribution in [1.82, 2.24) is 15.2 Å². The minimum atomic E-state index is -0.574. The fraction of sp³-hybridized carbons (Fsp3) is 0.333. The van der Waals surface area contributed by atoms with Crippen LogP contribution in [-0.2, 0) is 9.53 Å². The molecule has 0 radical (unpaired) electrons. The summed E-state index contributed by atoms with van der Waals surface area (Å²) in [6.07, 6.45) is 2.33. The Kier molecular flexibility index (Phi) is 6.87. The van der Waals surface area contributed by atoms with Crippen LogP contribution in [0.25, 0.3) is 11.3 Å². The second-order valence-electron chi connectivity index (χ2n) is 6.39. The largest absolute Gasteiger partial charge is 0.376 e. The zero-order valence-electron chi connectivity index (χ0n) is 15.6. The summed E-state index contributed by atoms with van der Waals surface area (Å²) in [4.78, 5) is 16.4. The number of carbonyl (C=O) groups is 1. The van der Waals surface area contributed by atoms with Gasteiger partial charge in [0.05, 0.1) is 17.6 Å². The number of amides is 1. The van der Waals surface area contributed by atoms with Crippen LogP contribution in [0.4, 0.5) is 19.0 Å². The third-order valence-electron chi connectivity index (χ3n) is 4.19.